The van der Waals surface area contributed by atoms with Crippen molar-refractivity contribution in [3.05, 3.63) is 57.0 Å². The fourth-order valence-corrected chi connectivity index (χ4v) is 2.48. The molecule has 7 nitrogen and oxygen atoms in total. The number of ether oxygens (including phenoxy) is 1. The fraction of sp³-hybridized carbons (Fsp3) is 0.368. The van der Waals surface area contributed by atoms with Gasteiger partial charge in [-0.05, 0) is 43.2 Å². The van der Waals surface area contributed by atoms with Crippen LogP contribution in [0.4, 0.5) is 0 Å². The van der Waals surface area contributed by atoms with E-state index in [4.69, 9.17) is 39.1 Å². The van der Waals surface area contributed by atoms with Crippen molar-refractivity contribution in [3.63, 3.8) is 0 Å². The van der Waals surface area contributed by atoms with Crippen molar-refractivity contribution < 1.29 is 9.53 Å². The molecular weight excluding hydrogens is 401 g/mol. The minimum Gasteiger partial charge on any atom is -0.378 e. The van der Waals surface area contributed by atoms with Crippen molar-refractivity contribution in [2.45, 2.75) is 20.4 Å². The van der Waals surface area contributed by atoms with Crippen LogP contribution in [0.15, 0.2) is 41.4 Å². The van der Waals surface area contributed by atoms with Crippen molar-refractivity contribution in [1.82, 2.24) is 16.0 Å². The van der Waals surface area contributed by atoms with Gasteiger partial charge in [-0.2, -0.15) is 0 Å². The molecule has 0 aliphatic rings. The van der Waals surface area contributed by atoms with Crippen molar-refractivity contribution in [2.75, 3.05) is 26.3 Å². The highest BCUT2D eigenvalue weighted by Gasteiger charge is 2.13. The number of carbonyl (C=O) groups excluding carboxylic acids is 1. The first-order chi connectivity index (χ1) is 13.4. The molecule has 154 valence electrons. The molecule has 0 atom stereocenters. The number of benzene rings is 1. The lowest BCUT2D eigenvalue weighted by molar-refractivity contribution is -0.117. The van der Waals surface area contributed by atoms with Gasteiger partial charge in [0.1, 0.15) is 11.5 Å². The molecule has 0 heterocycles. The molecule has 0 fully saturated rings. The minimum absolute atomic E-state index is 0.307. The lowest BCUT2D eigenvalue weighted by Crippen LogP contribution is -2.37. The molecular formula is C19H27Cl2N5O2. The molecule has 0 spiro atoms. The summed E-state index contributed by atoms with van der Waals surface area (Å²) in [4.78, 5) is 12.6. The van der Waals surface area contributed by atoms with Crippen molar-refractivity contribution in [1.29, 1.82) is 5.41 Å². The second-order valence-electron chi connectivity index (χ2n) is 5.79. The Balaban J connectivity index is 2.67. The summed E-state index contributed by atoms with van der Waals surface area (Å²) in [5, 5.41) is 17.3. The monoisotopic (exact) mass is 427 g/mol. The summed E-state index contributed by atoms with van der Waals surface area (Å²) in [5.41, 5.74) is 7.11. The van der Waals surface area contributed by atoms with Gasteiger partial charge in [-0.3, -0.25) is 4.79 Å². The second kappa shape index (κ2) is 13.2. The molecule has 1 aromatic carbocycles. The van der Waals surface area contributed by atoms with Crippen LogP contribution in [0, 0.1) is 5.41 Å². The Kier molecular flexibility index (Phi) is 11.3. The highest BCUT2D eigenvalue weighted by Crippen LogP contribution is 2.22. The van der Waals surface area contributed by atoms with Crippen molar-refractivity contribution in [2.24, 2.45) is 5.73 Å². The Hall–Kier alpha value is -2.06. The van der Waals surface area contributed by atoms with Crippen LogP contribution in [0.25, 0.3) is 0 Å². The number of hydrogen-bond acceptors (Lipinski definition) is 6. The molecule has 0 radical (unpaired) electrons. The highest BCUT2D eigenvalue weighted by atomic mass is 35.5. The zero-order valence-electron chi connectivity index (χ0n) is 16.1. The standard InChI is InChI=1S/C19H27Cl2N5O2/c1-3-17(25-12-14-4-5-15(20)16(21)10-14)26-19(27)18(13(2)11-23)24-7-9-28-8-6-22/h3-5,10-11,23-25H,6-9,12,22H2,1-2H3,(H,26,27)/b17-3+,18-13-,23-11?. The summed E-state index contributed by atoms with van der Waals surface area (Å²) in [5.74, 6) is 0.182. The lowest BCUT2D eigenvalue weighted by Gasteiger charge is -2.16. The average Bonchev–Trinajstić information content (AvgIpc) is 2.69. The Bertz CT molecular complexity index is 735. The van der Waals surface area contributed by atoms with Crippen LogP contribution < -0.4 is 21.7 Å². The predicted octanol–water partition coefficient (Wildman–Crippen LogP) is 2.55. The maximum absolute atomic E-state index is 12.6. The first-order valence-corrected chi connectivity index (χ1v) is 9.57. The minimum atomic E-state index is -0.352. The van der Waals surface area contributed by atoms with E-state index in [1.54, 1.807) is 32.1 Å². The number of nitrogens with two attached hydrogens (primary N) is 1. The Morgan fingerprint density at radius 2 is 2.00 bits per heavy atom. The van der Waals surface area contributed by atoms with Gasteiger partial charge in [0.2, 0.25) is 0 Å². The molecule has 0 aliphatic carbocycles. The number of amides is 1. The van der Waals surface area contributed by atoms with Gasteiger partial charge in [0.25, 0.3) is 5.91 Å². The third kappa shape index (κ3) is 8.31. The Morgan fingerprint density at radius 3 is 2.61 bits per heavy atom. The molecule has 0 saturated carbocycles. The first kappa shape index (κ1) is 24.0. The van der Waals surface area contributed by atoms with E-state index in [0.717, 1.165) is 11.8 Å². The number of hydrogen-bond donors (Lipinski definition) is 5. The van der Waals surface area contributed by atoms with Gasteiger partial charge < -0.3 is 31.8 Å². The van der Waals surface area contributed by atoms with Gasteiger partial charge in [0.05, 0.1) is 23.3 Å². The average molecular weight is 428 g/mol. The zero-order chi connectivity index (χ0) is 20.9. The van der Waals surface area contributed by atoms with Crippen LogP contribution >= 0.6 is 23.2 Å². The van der Waals surface area contributed by atoms with Gasteiger partial charge >= 0.3 is 0 Å². The smallest absolute Gasteiger partial charge is 0.273 e. The number of nitrogens with one attached hydrogen (secondary N) is 4. The van der Waals surface area contributed by atoms with Gasteiger partial charge in [-0.25, -0.2) is 0 Å². The fourth-order valence-electron chi connectivity index (χ4n) is 2.15. The number of rotatable bonds is 12. The summed E-state index contributed by atoms with van der Waals surface area (Å²) in [6.07, 6.45) is 2.87. The number of halogens is 2. The number of carbonyl (C=O) groups is 1. The van der Waals surface area contributed by atoms with E-state index in [0.29, 0.717) is 60.0 Å². The highest BCUT2D eigenvalue weighted by molar-refractivity contribution is 6.42. The molecule has 0 aliphatic heterocycles. The molecule has 1 aromatic rings. The van der Waals surface area contributed by atoms with Crippen LogP contribution in [-0.2, 0) is 16.1 Å². The maximum atomic E-state index is 12.6. The number of allylic oxidation sites excluding steroid dienone is 2. The predicted molar refractivity (Wildman–Crippen MR) is 115 cm³/mol. The summed E-state index contributed by atoms with van der Waals surface area (Å²) < 4.78 is 5.29. The topological polar surface area (TPSA) is 112 Å². The van der Waals surface area contributed by atoms with E-state index in [1.807, 2.05) is 6.07 Å². The molecule has 1 rings (SSSR count). The van der Waals surface area contributed by atoms with Crippen LogP contribution in [0.5, 0.6) is 0 Å². The Morgan fingerprint density at radius 1 is 1.25 bits per heavy atom. The van der Waals surface area contributed by atoms with Crippen LogP contribution in [0.2, 0.25) is 10.0 Å². The first-order valence-electron chi connectivity index (χ1n) is 8.81. The molecule has 1 amide bonds. The summed E-state index contributed by atoms with van der Waals surface area (Å²) >= 11 is 11.9. The SMILES string of the molecule is C/C=C(\NCc1ccc(Cl)c(Cl)c1)NC(=O)/C(NCCOCCN)=C(\C)C=N. The third-order valence-corrected chi connectivity index (χ3v) is 4.39. The van der Waals surface area contributed by atoms with Gasteiger partial charge in [-0.15, -0.1) is 0 Å². The van der Waals surface area contributed by atoms with E-state index >= 15 is 0 Å². The normalized spacial score (nSPS) is 12.2. The van der Waals surface area contributed by atoms with E-state index in [9.17, 15) is 4.79 Å². The van der Waals surface area contributed by atoms with E-state index in [2.05, 4.69) is 16.0 Å². The summed E-state index contributed by atoms with van der Waals surface area (Å²) in [6.45, 7) is 5.68. The zero-order valence-corrected chi connectivity index (χ0v) is 17.6. The Labute approximate surface area is 175 Å². The van der Waals surface area contributed by atoms with Crippen molar-refractivity contribution >= 4 is 35.3 Å². The molecule has 28 heavy (non-hydrogen) atoms. The largest absolute Gasteiger partial charge is 0.378 e. The molecule has 0 bridgehead atoms. The lowest BCUT2D eigenvalue weighted by atomic mass is 10.2. The molecule has 0 unspecified atom stereocenters. The summed E-state index contributed by atoms with van der Waals surface area (Å²) in [7, 11) is 0. The van der Waals surface area contributed by atoms with Gasteiger partial charge in [0.15, 0.2) is 0 Å². The van der Waals surface area contributed by atoms with Crippen molar-refractivity contribution in [3.8, 4) is 0 Å². The van der Waals surface area contributed by atoms with Crippen LogP contribution in [0.3, 0.4) is 0 Å². The molecule has 9 heteroatoms. The third-order valence-electron chi connectivity index (χ3n) is 3.65. The van der Waals surface area contributed by atoms with E-state index < -0.39 is 0 Å². The summed E-state index contributed by atoms with van der Waals surface area (Å²) in [6, 6.07) is 5.34. The quantitative estimate of drug-likeness (QED) is 0.200. The van der Waals surface area contributed by atoms with E-state index in [-0.39, 0.29) is 5.91 Å². The van der Waals surface area contributed by atoms with Crippen LogP contribution in [0.1, 0.15) is 19.4 Å². The molecule has 0 aromatic heterocycles. The van der Waals surface area contributed by atoms with Crippen LogP contribution in [-0.4, -0.2) is 38.4 Å². The van der Waals surface area contributed by atoms with Gasteiger partial charge in [-0.1, -0.05) is 29.3 Å². The second-order valence-corrected chi connectivity index (χ2v) is 6.60. The maximum Gasteiger partial charge on any atom is 0.273 e. The molecule has 0 saturated heterocycles. The van der Waals surface area contributed by atoms with Gasteiger partial charge in [0, 0.05) is 25.8 Å². The molecule has 6 N–H and O–H groups in total. The van der Waals surface area contributed by atoms with E-state index in [1.165, 1.54) is 0 Å².